The fraction of sp³-hybridized carbons (Fsp3) is 0.333. The number of aromatic nitrogens is 2. The lowest BCUT2D eigenvalue weighted by molar-refractivity contribution is 0.434. The van der Waals surface area contributed by atoms with E-state index in [1.807, 2.05) is 22.7 Å². The average Bonchev–Trinajstić information content (AvgIpc) is 2.96. The van der Waals surface area contributed by atoms with E-state index in [2.05, 4.69) is 79.0 Å². The van der Waals surface area contributed by atoms with Gasteiger partial charge in [0.25, 0.3) is 0 Å². The van der Waals surface area contributed by atoms with E-state index in [0.717, 1.165) is 0 Å². The zero-order chi connectivity index (χ0) is 21.5. The molecule has 2 nitrogen and oxygen atoms in total. The highest BCUT2D eigenvalue weighted by Gasteiger charge is 2.18. The van der Waals surface area contributed by atoms with Crippen LogP contribution in [0.15, 0.2) is 60.7 Å². The van der Waals surface area contributed by atoms with E-state index in [9.17, 15) is 0 Å². The van der Waals surface area contributed by atoms with Crippen LogP contribution in [0.5, 0.6) is 0 Å². The summed E-state index contributed by atoms with van der Waals surface area (Å²) < 4.78 is 10.4. The van der Waals surface area contributed by atoms with Crippen molar-refractivity contribution >= 4 is 72.9 Å². The standard InChI is InChI=1S/C27H29N2PS2/c30-29-21-14-8-10-16-25(21)32-27-17-22-26(18-23(27)29)31-24-15-9-7-13-20(24)28(22)19-11-5-3-1-2-4-6-12-19/h7-10,13-19H,1-6,11-12,30H2. The van der Waals surface area contributed by atoms with E-state index in [0.29, 0.717) is 6.04 Å². The van der Waals surface area contributed by atoms with Gasteiger partial charge in [-0.15, -0.1) is 22.7 Å². The summed E-state index contributed by atoms with van der Waals surface area (Å²) in [7, 11) is 2.94. The fourth-order valence-corrected chi connectivity index (χ4v) is 8.12. The monoisotopic (exact) mass is 476 g/mol. The molecule has 6 rings (SSSR count). The number of fused-ring (bicyclic) bond motifs is 4. The fourth-order valence-electron chi connectivity index (χ4n) is 5.32. The summed E-state index contributed by atoms with van der Waals surface area (Å²) in [4.78, 5) is 0. The van der Waals surface area contributed by atoms with Crippen molar-refractivity contribution in [1.29, 1.82) is 0 Å². The minimum Gasteiger partial charge on any atom is -0.336 e. The van der Waals surface area contributed by atoms with E-state index >= 15 is 0 Å². The molecule has 164 valence electrons. The Morgan fingerprint density at radius 3 is 1.84 bits per heavy atom. The lowest BCUT2D eigenvalue weighted by Crippen LogP contribution is -2.11. The molecular formula is C27H29N2PS2. The van der Waals surface area contributed by atoms with Crippen LogP contribution in [0.2, 0.25) is 0 Å². The van der Waals surface area contributed by atoms with Crippen LogP contribution in [-0.2, 0) is 0 Å². The second-order valence-electron chi connectivity index (χ2n) is 9.02. The lowest BCUT2D eigenvalue weighted by atomic mass is 10.0. The maximum absolute atomic E-state index is 2.94. The van der Waals surface area contributed by atoms with Crippen LogP contribution >= 0.6 is 32.1 Å². The first-order valence-electron chi connectivity index (χ1n) is 11.9. The van der Waals surface area contributed by atoms with Crippen LogP contribution in [0, 0.1) is 0 Å². The number of benzene rings is 3. The summed E-state index contributed by atoms with van der Waals surface area (Å²) >= 11 is 3.84. The highest BCUT2D eigenvalue weighted by Crippen LogP contribution is 2.39. The van der Waals surface area contributed by atoms with Gasteiger partial charge in [0.1, 0.15) is 0 Å². The molecule has 1 aliphatic rings. The molecule has 1 aliphatic carbocycles. The normalized spacial score (nSPS) is 16.4. The van der Waals surface area contributed by atoms with Crippen molar-refractivity contribution < 1.29 is 0 Å². The highest BCUT2D eigenvalue weighted by molar-refractivity contribution is 7.26. The Hall–Kier alpha value is -1.87. The smallest absolute Gasteiger partial charge is 0.0631 e. The molecule has 1 unspecified atom stereocenters. The Labute approximate surface area is 199 Å². The third kappa shape index (κ3) is 3.67. The van der Waals surface area contributed by atoms with Gasteiger partial charge in [-0.25, -0.2) is 0 Å². The Kier molecular flexibility index (Phi) is 5.71. The van der Waals surface area contributed by atoms with Crippen LogP contribution in [0.3, 0.4) is 0 Å². The molecule has 0 saturated heterocycles. The van der Waals surface area contributed by atoms with Crippen LogP contribution in [0.1, 0.15) is 57.4 Å². The van der Waals surface area contributed by atoms with E-state index < -0.39 is 0 Å². The van der Waals surface area contributed by atoms with Gasteiger partial charge in [0.05, 0.1) is 40.9 Å². The predicted molar refractivity (Wildman–Crippen MR) is 147 cm³/mol. The van der Waals surface area contributed by atoms with Crippen molar-refractivity contribution in [2.75, 3.05) is 0 Å². The summed E-state index contributed by atoms with van der Waals surface area (Å²) in [5.74, 6) is 0. The molecule has 0 radical (unpaired) electrons. The molecule has 0 amide bonds. The molecule has 5 aromatic rings. The van der Waals surface area contributed by atoms with Crippen molar-refractivity contribution in [2.45, 2.75) is 57.4 Å². The number of nitrogens with zero attached hydrogens (tertiary/aromatic N) is 2. The summed E-state index contributed by atoms with van der Waals surface area (Å²) in [6.45, 7) is 0. The third-order valence-electron chi connectivity index (χ3n) is 6.94. The second-order valence-corrected chi connectivity index (χ2v) is 11.7. The molecule has 0 bridgehead atoms. The molecule has 32 heavy (non-hydrogen) atoms. The molecule has 3 aromatic carbocycles. The second kappa shape index (κ2) is 8.82. The Morgan fingerprint density at radius 1 is 0.594 bits per heavy atom. The maximum atomic E-state index is 2.94. The van der Waals surface area contributed by atoms with Gasteiger partial charge in [-0.3, -0.25) is 0 Å². The summed E-state index contributed by atoms with van der Waals surface area (Å²) in [5, 5.41) is 0. The minimum atomic E-state index is 0.583. The first-order valence-corrected chi connectivity index (χ1v) is 14.0. The summed E-state index contributed by atoms with van der Waals surface area (Å²) in [6, 6.07) is 23.2. The van der Waals surface area contributed by atoms with Crippen LogP contribution in [0.25, 0.3) is 40.9 Å². The van der Waals surface area contributed by atoms with E-state index in [4.69, 9.17) is 0 Å². The maximum Gasteiger partial charge on any atom is 0.0631 e. The Bertz CT molecular complexity index is 1460. The van der Waals surface area contributed by atoms with Gasteiger partial charge in [-0.2, -0.15) is 0 Å². The van der Waals surface area contributed by atoms with E-state index in [-0.39, 0.29) is 0 Å². The van der Waals surface area contributed by atoms with Crippen LogP contribution < -0.4 is 0 Å². The third-order valence-corrected chi connectivity index (χ3v) is 9.72. The van der Waals surface area contributed by atoms with Gasteiger partial charge in [-0.05, 0) is 58.6 Å². The number of hydrogen-bond donors (Lipinski definition) is 0. The molecule has 1 fully saturated rings. The summed E-state index contributed by atoms with van der Waals surface area (Å²) in [5.41, 5.74) is 5.36. The van der Waals surface area contributed by atoms with Gasteiger partial charge in [0, 0.05) is 6.04 Å². The van der Waals surface area contributed by atoms with Gasteiger partial charge < -0.3 is 8.90 Å². The molecule has 2 heterocycles. The molecule has 2 aromatic heterocycles. The zero-order valence-electron chi connectivity index (χ0n) is 18.3. The summed E-state index contributed by atoms with van der Waals surface area (Å²) in [6.07, 6.45) is 10.9. The van der Waals surface area contributed by atoms with E-state index in [1.54, 1.807) is 0 Å². The van der Waals surface area contributed by atoms with Crippen LogP contribution in [-0.4, -0.2) is 8.90 Å². The minimum absolute atomic E-state index is 0.583. The SMILES string of the molecule is Pn1c2ccccc2sc2cc3c(cc21)sc1ccccc1n3C1CCCCCCCC1. The molecule has 5 heteroatoms. The van der Waals surface area contributed by atoms with Crippen LogP contribution in [0.4, 0.5) is 0 Å². The van der Waals surface area contributed by atoms with E-state index in [1.165, 1.54) is 92.2 Å². The highest BCUT2D eigenvalue weighted by atomic mass is 32.1. The van der Waals surface area contributed by atoms with Crippen molar-refractivity contribution in [3.63, 3.8) is 0 Å². The molecular weight excluding hydrogens is 447 g/mol. The lowest BCUT2D eigenvalue weighted by Gasteiger charge is -2.25. The molecule has 1 atom stereocenters. The van der Waals surface area contributed by atoms with Gasteiger partial charge in [0.2, 0.25) is 0 Å². The average molecular weight is 477 g/mol. The Balaban J connectivity index is 1.66. The number of para-hydroxylation sites is 2. The first-order chi connectivity index (χ1) is 15.8. The molecule has 0 aliphatic heterocycles. The molecule has 1 saturated carbocycles. The van der Waals surface area contributed by atoms with Gasteiger partial charge >= 0.3 is 0 Å². The molecule has 0 spiro atoms. The predicted octanol–water partition coefficient (Wildman–Crippen LogP) is 9.46. The van der Waals surface area contributed by atoms with Crippen molar-refractivity contribution in [1.82, 2.24) is 8.90 Å². The van der Waals surface area contributed by atoms with Crippen molar-refractivity contribution in [3.8, 4) is 0 Å². The van der Waals surface area contributed by atoms with Gasteiger partial charge in [-0.1, -0.05) is 62.8 Å². The quantitative estimate of drug-likeness (QED) is 0.168. The molecule has 0 N–H and O–H groups in total. The largest absolute Gasteiger partial charge is 0.336 e. The van der Waals surface area contributed by atoms with Crippen molar-refractivity contribution in [3.05, 3.63) is 60.7 Å². The topological polar surface area (TPSA) is 9.86 Å². The Morgan fingerprint density at radius 2 is 1.12 bits per heavy atom. The number of rotatable bonds is 1. The van der Waals surface area contributed by atoms with Crippen molar-refractivity contribution in [2.24, 2.45) is 0 Å². The first kappa shape index (κ1) is 20.7. The number of hydrogen-bond acceptors (Lipinski definition) is 2. The zero-order valence-corrected chi connectivity index (χ0v) is 21.1. The van der Waals surface area contributed by atoms with Gasteiger partial charge in [0.15, 0.2) is 0 Å².